The normalized spacial score (nSPS) is 16.9. The molecule has 2 N–H and O–H groups in total. The molecule has 1 aliphatic heterocycles. The number of urea groups is 1. The monoisotopic (exact) mass is 241 g/mol. The molecule has 1 aliphatic rings. The van der Waals surface area contributed by atoms with E-state index in [4.69, 9.17) is 0 Å². The summed E-state index contributed by atoms with van der Waals surface area (Å²) in [6.45, 7) is 4.97. The first-order chi connectivity index (χ1) is 7.69. The van der Waals surface area contributed by atoms with Crippen LogP contribution in [0.25, 0.3) is 0 Å². The molecule has 0 atom stereocenters. The predicted octanol–water partition coefficient (Wildman–Crippen LogP) is -0.630. The molecule has 1 rings (SSSR count). The number of barbiturate groups is 1. The standard InChI is InChI=1S/C10H15N3O4/c1-10(2,3)12-7(15)5-13-8(16)4-6(14)11-9(13)17/h4-5H2,1-3H3,(H,12,15)(H,11,14,17). The lowest BCUT2D eigenvalue weighted by Crippen LogP contribution is -2.56. The second-order valence-electron chi connectivity index (χ2n) is 4.81. The van der Waals surface area contributed by atoms with E-state index in [0.29, 0.717) is 0 Å². The van der Waals surface area contributed by atoms with Gasteiger partial charge in [0.1, 0.15) is 13.0 Å². The van der Waals surface area contributed by atoms with Crippen LogP contribution in [0.15, 0.2) is 0 Å². The minimum absolute atomic E-state index is 0.380. The highest BCUT2D eigenvalue weighted by Gasteiger charge is 2.32. The highest BCUT2D eigenvalue weighted by Crippen LogP contribution is 2.04. The zero-order chi connectivity index (χ0) is 13.2. The Bertz CT molecular complexity index is 364. The Balaban J connectivity index is 2.62. The van der Waals surface area contributed by atoms with Gasteiger partial charge in [0.15, 0.2) is 0 Å². The highest BCUT2D eigenvalue weighted by molar-refractivity contribution is 6.15. The molecular weight excluding hydrogens is 226 g/mol. The molecular formula is C10H15N3O4. The van der Waals surface area contributed by atoms with Gasteiger partial charge < -0.3 is 5.32 Å². The second kappa shape index (κ2) is 4.52. The Morgan fingerprint density at radius 1 is 1.35 bits per heavy atom. The zero-order valence-corrected chi connectivity index (χ0v) is 9.99. The molecule has 5 amide bonds. The van der Waals surface area contributed by atoms with Crippen LogP contribution in [-0.2, 0) is 14.4 Å². The molecule has 0 aromatic carbocycles. The first kappa shape index (κ1) is 13.1. The average Bonchev–Trinajstić information content (AvgIpc) is 2.08. The van der Waals surface area contributed by atoms with Gasteiger partial charge in [-0.3, -0.25) is 24.6 Å². The van der Waals surface area contributed by atoms with Crippen molar-refractivity contribution in [2.24, 2.45) is 0 Å². The van der Waals surface area contributed by atoms with Gasteiger partial charge in [-0.15, -0.1) is 0 Å². The molecule has 0 aliphatic carbocycles. The van der Waals surface area contributed by atoms with Gasteiger partial charge >= 0.3 is 6.03 Å². The molecule has 1 fully saturated rings. The first-order valence-electron chi connectivity index (χ1n) is 5.14. The lowest BCUT2D eigenvalue weighted by Gasteiger charge is -2.26. The summed E-state index contributed by atoms with van der Waals surface area (Å²) in [7, 11) is 0. The predicted molar refractivity (Wildman–Crippen MR) is 57.8 cm³/mol. The number of imide groups is 2. The fourth-order valence-electron chi connectivity index (χ4n) is 1.34. The second-order valence-corrected chi connectivity index (χ2v) is 4.81. The largest absolute Gasteiger partial charge is 0.350 e. The number of hydrogen-bond donors (Lipinski definition) is 2. The summed E-state index contributed by atoms with van der Waals surface area (Å²) in [5.74, 6) is -1.76. The molecule has 1 heterocycles. The van der Waals surface area contributed by atoms with Gasteiger partial charge in [0.25, 0.3) is 0 Å². The van der Waals surface area contributed by atoms with Gasteiger partial charge in [-0.05, 0) is 20.8 Å². The van der Waals surface area contributed by atoms with Gasteiger partial charge in [0, 0.05) is 5.54 Å². The minimum Gasteiger partial charge on any atom is -0.350 e. The van der Waals surface area contributed by atoms with Crippen molar-refractivity contribution in [1.29, 1.82) is 0 Å². The molecule has 0 unspecified atom stereocenters. The molecule has 0 spiro atoms. The minimum atomic E-state index is -0.852. The van der Waals surface area contributed by atoms with Crippen molar-refractivity contribution in [2.45, 2.75) is 32.7 Å². The van der Waals surface area contributed by atoms with E-state index < -0.39 is 35.7 Å². The van der Waals surface area contributed by atoms with Crippen molar-refractivity contribution in [3.8, 4) is 0 Å². The van der Waals surface area contributed by atoms with E-state index in [9.17, 15) is 19.2 Å². The fraction of sp³-hybridized carbons (Fsp3) is 0.600. The molecule has 0 aromatic heterocycles. The molecule has 17 heavy (non-hydrogen) atoms. The van der Waals surface area contributed by atoms with Crippen molar-refractivity contribution in [3.63, 3.8) is 0 Å². The third kappa shape index (κ3) is 3.86. The van der Waals surface area contributed by atoms with Crippen LogP contribution in [0.2, 0.25) is 0 Å². The summed E-state index contributed by atoms with van der Waals surface area (Å²) < 4.78 is 0. The SMILES string of the molecule is CC(C)(C)NC(=O)CN1C(=O)CC(=O)NC1=O. The maximum Gasteiger partial charge on any atom is 0.331 e. The number of amides is 5. The summed E-state index contributed by atoms with van der Waals surface area (Å²) in [5, 5.41) is 4.60. The van der Waals surface area contributed by atoms with Crippen LogP contribution in [0.4, 0.5) is 4.79 Å². The Labute approximate surface area is 98.5 Å². The lowest BCUT2D eigenvalue weighted by molar-refractivity contribution is -0.139. The van der Waals surface area contributed by atoms with Gasteiger partial charge in [0.05, 0.1) is 0 Å². The number of nitrogens with zero attached hydrogens (tertiary/aromatic N) is 1. The molecule has 0 radical (unpaired) electrons. The summed E-state index contributed by atoms with van der Waals surface area (Å²) in [4.78, 5) is 45.8. The molecule has 0 saturated carbocycles. The molecule has 7 heteroatoms. The smallest absolute Gasteiger partial charge is 0.331 e. The van der Waals surface area contributed by atoms with Crippen LogP contribution in [0.5, 0.6) is 0 Å². The van der Waals surface area contributed by atoms with Crippen molar-refractivity contribution >= 4 is 23.8 Å². The van der Waals surface area contributed by atoms with Crippen LogP contribution in [0.3, 0.4) is 0 Å². The lowest BCUT2D eigenvalue weighted by atomic mass is 10.1. The molecule has 1 saturated heterocycles. The number of carbonyl (C=O) groups excluding carboxylic acids is 4. The third-order valence-corrected chi connectivity index (χ3v) is 1.92. The quantitative estimate of drug-likeness (QED) is 0.629. The fourth-order valence-corrected chi connectivity index (χ4v) is 1.34. The Hall–Kier alpha value is -1.92. The van der Waals surface area contributed by atoms with Gasteiger partial charge in [0.2, 0.25) is 17.7 Å². The third-order valence-electron chi connectivity index (χ3n) is 1.92. The van der Waals surface area contributed by atoms with Crippen LogP contribution in [-0.4, -0.2) is 40.7 Å². The van der Waals surface area contributed by atoms with E-state index in [1.165, 1.54) is 0 Å². The number of nitrogens with one attached hydrogen (secondary N) is 2. The Morgan fingerprint density at radius 2 is 1.94 bits per heavy atom. The van der Waals surface area contributed by atoms with Crippen LogP contribution in [0, 0.1) is 0 Å². The van der Waals surface area contributed by atoms with E-state index in [0.717, 1.165) is 4.90 Å². The number of carbonyl (C=O) groups is 4. The number of hydrogen-bond acceptors (Lipinski definition) is 4. The number of rotatable bonds is 2. The van der Waals surface area contributed by atoms with Crippen LogP contribution in [0.1, 0.15) is 27.2 Å². The van der Waals surface area contributed by atoms with Crippen LogP contribution < -0.4 is 10.6 Å². The highest BCUT2D eigenvalue weighted by atomic mass is 16.2. The Morgan fingerprint density at radius 3 is 2.41 bits per heavy atom. The summed E-state index contributed by atoms with van der Waals surface area (Å²) in [6, 6.07) is -0.852. The maximum atomic E-state index is 11.5. The van der Waals surface area contributed by atoms with E-state index >= 15 is 0 Å². The van der Waals surface area contributed by atoms with E-state index in [1.807, 2.05) is 5.32 Å². The van der Waals surface area contributed by atoms with Gasteiger partial charge in [-0.25, -0.2) is 4.79 Å². The van der Waals surface area contributed by atoms with Crippen molar-refractivity contribution in [1.82, 2.24) is 15.5 Å². The first-order valence-corrected chi connectivity index (χ1v) is 5.14. The molecule has 7 nitrogen and oxygen atoms in total. The average molecular weight is 241 g/mol. The molecule has 0 aromatic rings. The van der Waals surface area contributed by atoms with Gasteiger partial charge in [-0.2, -0.15) is 0 Å². The van der Waals surface area contributed by atoms with Crippen LogP contribution >= 0.6 is 0 Å². The van der Waals surface area contributed by atoms with E-state index in [2.05, 4.69) is 5.32 Å². The van der Waals surface area contributed by atoms with Crippen molar-refractivity contribution in [3.05, 3.63) is 0 Å². The van der Waals surface area contributed by atoms with Crippen molar-refractivity contribution < 1.29 is 19.2 Å². The van der Waals surface area contributed by atoms with E-state index in [1.54, 1.807) is 20.8 Å². The Kier molecular flexibility index (Phi) is 3.50. The summed E-state index contributed by atoms with van der Waals surface area (Å²) in [5.41, 5.74) is -0.442. The topological polar surface area (TPSA) is 95.6 Å². The molecule has 94 valence electrons. The summed E-state index contributed by atoms with van der Waals surface area (Å²) in [6.07, 6.45) is -0.408. The van der Waals surface area contributed by atoms with Gasteiger partial charge in [-0.1, -0.05) is 0 Å². The summed E-state index contributed by atoms with van der Waals surface area (Å²) >= 11 is 0. The molecule has 0 bridgehead atoms. The maximum absolute atomic E-state index is 11.5. The van der Waals surface area contributed by atoms with Crippen molar-refractivity contribution in [2.75, 3.05) is 6.54 Å². The van der Waals surface area contributed by atoms with E-state index in [-0.39, 0.29) is 6.54 Å². The zero-order valence-electron chi connectivity index (χ0n) is 9.99.